The highest BCUT2D eigenvalue weighted by atomic mass is 79.9. The molecule has 0 unspecified atom stereocenters. The first-order valence-corrected chi connectivity index (χ1v) is 7.35. The number of carbonyl (C=O) groups excluding carboxylic acids is 2. The van der Waals surface area contributed by atoms with Crippen LogP contribution in [0.2, 0.25) is 0 Å². The number of para-hydroxylation sites is 1. The van der Waals surface area contributed by atoms with E-state index in [2.05, 4.69) is 26.6 Å². The maximum Gasteiger partial charge on any atom is 0.233 e. The smallest absolute Gasteiger partial charge is 0.233 e. The van der Waals surface area contributed by atoms with E-state index in [4.69, 9.17) is 0 Å². The Morgan fingerprint density at radius 1 is 1.09 bits per heavy atom. The fourth-order valence-corrected chi connectivity index (χ4v) is 2.08. The van der Waals surface area contributed by atoms with Crippen molar-refractivity contribution < 1.29 is 14.0 Å². The van der Waals surface area contributed by atoms with Crippen molar-refractivity contribution in [2.24, 2.45) is 0 Å². The first-order chi connectivity index (χ1) is 10.5. The Bertz CT molecular complexity index is 719. The molecule has 0 atom stereocenters. The van der Waals surface area contributed by atoms with Crippen molar-refractivity contribution in [1.82, 2.24) is 0 Å². The summed E-state index contributed by atoms with van der Waals surface area (Å²) in [5, 5.41) is 4.99. The van der Waals surface area contributed by atoms with E-state index >= 15 is 0 Å². The van der Waals surface area contributed by atoms with Gasteiger partial charge in [-0.1, -0.05) is 28.1 Å². The normalized spacial score (nSPS) is 10.1. The monoisotopic (exact) mass is 364 g/mol. The predicted octanol–water partition coefficient (Wildman–Crippen LogP) is 3.86. The molecule has 0 heterocycles. The van der Waals surface area contributed by atoms with Crippen molar-refractivity contribution in [2.75, 3.05) is 10.6 Å². The van der Waals surface area contributed by atoms with Gasteiger partial charge >= 0.3 is 0 Å². The van der Waals surface area contributed by atoms with Crippen molar-refractivity contribution in [1.29, 1.82) is 0 Å². The van der Waals surface area contributed by atoms with E-state index in [0.717, 1.165) is 10.0 Å². The zero-order valence-corrected chi connectivity index (χ0v) is 13.4. The van der Waals surface area contributed by atoms with Gasteiger partial charge in [0.15, 0.2) is 0 Å². The van der Waals surface area contributed by atoms with Gasteiger partial charge in [0.05, 0.1) is 5.69 Å². The molecule has 4 nitrogen and oxygen atoms in total. The van der Waals surface area contributed by atoms with Crippen LogP contribution in [0.5, 0.6) is 0 Å². The summed E-state index contributed by atoms with van der Waals surface area (Å²) in [6.07, 6.45) is -0.385. The van der Waals surface area contributed by atoms with E-state index in [9.17, 15) is 14.0 Å². The minimum atomic E-state index is -0.573. The zero-order chi connectivity index (χ0) is 16.1. The van der Waals surface area contributed by atoms with Crippen molar-refractivity contribution in [3.63, 3.8) is 0 Å². The Labute approximate surface area is 135 Å². The van der Waals surface area contributed by atoms with Crippen LogP contribution in [0.15, 0.2) is 46.9 Å². The molecule has 0 saturated heterocycles. The Kier molecular flexibility index (Phi) is 5.27. The number of nitrogens with one attached hydrogen (secondary N) is 2. The highest BCUT2D eigenvalue weighted by Gasteiger charge is 2.12. The SMILES string of the molecule is Cc1cc(NC(=O)CC(=O)Nc2ccccc2F)ccc1Br. The van der Waals surface area contributed by atoms with Crippen molar-refractivity contribution >= 4 is 39.1 Å². The molecule has 0 spiro atoms. The van der Waals surface area contributed by atoms with Gasteiger partial charge in [-0.05, 0) is 42.8 Å². The van der Waals surface area contributed by atoms with Gasteiger partial charge in [-0.2, -0.15) is 0 Å². The zero-order valence-electron chi connectivity index (χ0n) is 11.8. The quantitative estimate of drug-likeness (QED) is 0.809. The van der Waals surface area contributed by atoms with Gasteiger partial charge < -0.3 is 10.6 Å². The van der Waals surface area contributed by atoms with Crippen molar-refractivity contribution in [2.45, 2.75) is 13.3 Å². The third-order valence-corrected chi connectivity index (χ3v) is 3.80. The molecule has 0 radical (unpaired) electrons. The molecule has 6 heteroatoms. The molecular formula is C16H14BrFN2O2. The van der Waals surface area contributed by atoms with E-state index in [1.807, 2.05) is 13.0 Å². The molecule has 0 aromatic heterocycles. The molecule has 22 heavy (non-hydrogen) atoms. The average Bonchev–Trinajstić information content (AvgIpc) is 2.45. The van der Waals surface area contributed by atoms with Crippen LogP contribution >= 0.6 is 15.9 Å². The molecule has 2 amide bonds. The van der Waals surface area contributed by atoms with E-state index in [-0.39, 0.29) is 12.1 Å². The molecule has 2 rings (SSSR count). The third kappa shape index (κ3) is 4.39. The van der Waals surface area contributed by atoms with Gasteiger partial charge in [-0.25, -0.2) is 4.39 Å². The molecule has 114 valence electrons. The van der Waals surface area contributed by atoms with Crippen LogP contribution in [0, 0.1) is 12.7 Å². The second kappa shape index (κ2) is 7.17. The molecule has 0 bridgehead atoms. The number of hydrogen-bond donors (Lipinski definition) is 2. The van der Waals surface area contributed by atoms with E-state index in [1.54, 1.807) is 18.2 Å². The fraction of sp³-hybridized carbons (Fsp3) is 0.125. The lowest BCUT2D eigenvalue weighted by atomic mass is 10.2. The second-order valence-corrected chi connectivity index (χ2v) is 5.57. The van der Waals surface area contributed by atoms with Crippen LogP contribution in [0.25, 0.3) is 0 Å². The topological polar surface area (TPSA) is 58.2 Å². The Morgan fingerprint density at radius 2 is 1.77 bits per heavy atom. The van der Waals surface area contributed by atoms with Gasteiger partial charge in [0.25, 0.3) is 0 Å². The molecule has 2 aromatic carbocycles. The number of aryl methyl sites for hydroxylation is 1. The number of anilines is 2. The molecular weight excluding hydrogens is 351 g/mol. The van der Waals surface area contributed by atoms with Gasteiger partial charge in [0.2, 0.25) is 11.8 Å². The molecule has 0 aliphatic carbocycles. The Balaban J connectivity index is 1.92. The first-order valence-electron chi connectivity index (χ1n) is 6.56. The van der Waals surface area contributed by atoms with Gasteiger partial charge in [0, 0.05) is 10.2 Å². The van der Waals surface area contributed by atoms with Crippen LogP contribution < -0.4 is 10.6 Å². The second-order valence-electron chi connectivity index (χ2n) is 4.72. The number of amides is 2. The summed E-state index contributed by atoms with van der Waals surface area (Å²) in [7, 11) is 0. The predicted molar refractivity (Wildman–Crippen MR) is 87.2 cm³/mol. The summed E-state index contributed by atoms with van der Waals surface area (Å²) in [4.78, 5) is 23.6. The van der Waals surface area contributed by atoms with Crippen molar-refractivity contribution in [3.8, 4) is 0 Å². The Morgan fingerprint density at radius 3 is 2.45 bits per heavy atom. The van der Waals surface area contributed by atoms with E-state index in [1.165, 1.54) is 18.2 Å². The summed E-state index contributed by atoms with van der Waals surface area (Å²) >= 11 is 3.37. The summed E-state index contributed by atoms with van der Waals surface area (Å²) in [6.45, 7) is 1.89. The van der Waals surface area contributed by atoms with E-state index < -0.39 is 17.6 Å². The van der Waals surface area contributed by atoms with Gasteiger partial charge in [-0.3, -0.25) is 9.59 Å². The summed E-state index contributed by atoms with van der Waals surface area (Å²) in [5.74, 6) is -1.58. The fourth-order valence-electron chi connectivity index (χ4n) is 1.83. The van der Waals surface area contributed by atoms with Crippen LogP contribution in [0.3, 0.4) is 0 Å². The lowest BCUT2D eigenvalue weighted by Gasteiger charge is -2.08. The highest BCUT2D eigenvalue weighted by molar-refractivity contribution is 9.10. The number of benzene rings is 2. The largest absolute Gasteiger partial charge is 0.326 e. The summed E-state index contributed by atoms with van der Waals surface area (Å²) in [5.41, 5.74) is 1.62. The standard InChI is InChI=1S/C16H14BrFN2O2/c1-10-8-11(6-7-12(10)17)19-15(21)9-16(22)20-14-5-3-2-4-13(14)18/h2-8H,9H2,1H3,(H,19,21)(H,20,22). The minimum absolute atomic E-state index is 0.0554. The molecule has 0 fully saturated rings. The molecule has 0 saturated carbocycles. The van der Waals surface area contributed by atoms with E-state index in [0.29, 0.717) is 5.69 Å². The molecule has 2 aromatic rings. The van der Waals surface area contributed by atoms with Crippen LogP contribution in [-0.4, -0.2) is 11.8 Å². The minimum Gasteiger partial charge on any atom is -0.326 e. The lowest BCUT2D eigenvalue weighted by molar-refractivity contribution is -0.123. The van der Waals surface area contributed by atoms with Gasteiger partial charge in [-0.15, -0.1) is 0 Å². The maximum absolute atomic E-state index is 13.4. The number of halogens is 2. The molecule has 0 aliphatic rings. The Hall–Kier alpha value is -2.21. The lowest BCUT2D eigenvalue weighted by Crippen LogP contribution is -2.21. The maximum atomic E-state index is 13.4. The van der Waals surface area contributed by atoms with Crippen LogP contribution in [0.1, 0.15) is 12.0 Å². The van der Waals surface area contributed by atoms with Crippen molar-refractivity contribution in [3.05, 3.63) is 58.3 Å². The first kappa shape index (κ1) is 16.2. The average molecular weight is 365 g/mol. The number of carbonyl (C=O) groups is 2. The third-order valence-electron chi connectivity index (χ3n) is 2.91. The van der Waals surface area contributed by atoms with Crippen LogP contribution in [-0.2, 0) is 9.59 Å². The van der Waals surface area contributed by atoms with Gasteiger partial charge in [0.1, 0.15) is 12.2 Å². The summed E-state index contributed by atoms with van der Waals surface area (Å²) < 4.78 is 14.3. The highest BCUT2D eigenvalue weighted by Crippen LogP contribution is 2.20. The molecule has 2 N–H and O–H groups in total. The van der Waals surface area contributed by atoms with Crippen LogP contribution in [0.4, 0.5) is 15.8 Å². The number of rotatable bonds is 4. The molecule has 0 aliphatic heterocycles. The summed E-state index contributed by atoms with van der Waals surface area (Å²) in [6, 6.07) is 11.1. The number of hydrogen-bond acceptors (Lipinski definition) is 2.